The van der Waals surface area contributed by atoms with Crippen molar-refractivity contribution in [1.29, 1.82) is 0 Å². The summed E-state index contributed by atoms with van der Waals surface area (Å²) in [5.41, 5.74) is 7.24. The van der Waals surface area contributed by atoms with Crippen LogP contribution in [0.25, 0.3) is 0 Å². The molecule has 0 saturated heterocycles. The SMILES string of the molecule is CCC(C)CC(C)(C)C(C(CC)CC)C(C)(N)CC(C)CC. The molecule has 2 N–H and O–H groups in total. The molecule has 0 saturated carbocycles. The summed E-state index contributed by atoms with van der Waals surface area (Å²) in [4.78, 5) is 0. The Morgan fingerprint density at radius 3 is 1.50 bits per heavy atom. The molecule has 0 aromatic heterocycles. The van der Waals surface area contributed by atoms with Crippen LogP contribution in [0.2, 0.25) is 0 Å². The average Bonchev–Trinajstić information content (AvgIpc) is 2.42. The van der Waals surface area contributed by atoms with Crippen LogP contribution in [0.4, 0.5) is 0 Å². The third-order valence-electron chi connectivity index (χ3n) is 6.13. The Balaban J connectivity index is 5.52. The second kappa shape index (κ2) is 9.30. The third kappa shape index (κ3) is 6.22. The van der Waals surface area contributed by atoms with Gasteiger partial charge in [-0.25, -0.2) is 0 Å². The van der Waals surface area contributed by atoms with Gasteiger partial charge in [-0.1, -0.05) is 81.1 Å². The smallest absolute Gasteiger partial charge is 0.0164 e. The molecule has 4 unspecified atom stereocenters. The Kier molecular flexibility index (Phi) is 9.29. The topological polar surface area (TPSA) is 26.0 Å². The Hall–Kier alpha value is -0.0400. The van der Waals surface area contributed by atoms with Gasteiger partial charge in [-0.2, -0.15) is 0 Å². The lowest BCUT2D eigenvalue weighted by Gasteiger charge is -2.50. The fourth-order valence-corrected chi connectivity index (χ4v) is 5.02. The van der Waals surface area contributed by atoms with Gasteiger partial charge < -0.3 is 5.73 Å². The lowest BCUT2D eigenvalue weighted by Crippen LogP contribution is -2.54. The lowest BCUT2D eigenvalue weighted by atomic mass is 9.57. The summed E-state index contributed by atoms with van der Waals surface area (Å²) >= 11 is 0. The zero-order valence-corrected chi connectivity index (χ0v) is 17.1. The van der Waals surface area contributed by atoms with E-state index in [2.05, 4.69) is 62.3 Å². The molecule has 1 nitrogen and oxygen atoms in total. The van der Waals surface area contributed by atoms with Crippen LogP contribution in [-0.4, -0.2) is 5.54 Å². The molecule has 0 amide bonds. The van der Waals surface area contributed by atoms with Crippen LogP contribution in [0.1, 0.15) is 101 Å². The monoisotopic (exact) mass is 311 g/mol. The Labute approximate surface area is 141 Å². The summed E-state index contributed by atoms with van der Waals surface area (Å²) in [5, 5.41) is 0. The molecule has 0 bridgehead atoms. The van der Waals surface area contributed by atoms with Crippen molar-refractivity contribution in [3.8, 4) is 0 Å². The van der Waals surface area contributed by atoms with Crippen molar-refractivity contribution in [1.82, 2.24) is 0 Å². The number of hydrogen-bond acceptors (Lipinski definition) is 1. The third-order valence-corrected chi connectivity index (χ3v) is 6.13. The maximum Gasteiger partial charge on any atom is 0.0164 e. The summed E-state index contributed by atoms with van der Waals surface area (Å²) in [6.07, 6.45) is 7.43. The lowest BCUT2D eigenvalue weighted by molar-refractivity contribution is 0.0266. The van der Waals surface area contributed by atoms with E-state index in [1.54, 1.807) is 0 Å². The van der Waals surface area contributed by atoms with Gasteiger partial charge in [-0.3, -0.25) is 0 Å². The summed E-state index contributed by atoms with van der Waals surface area (Å²) in [6.45, 7) is 21.3. The molecule has 134 valence electrons. The van der Waals surface area contributed by atoms with Crippen molar-refractivity contribution in [2.45, 2.75) is 106 Å². The van der Waals surface area contributed by atoms with Crippen LogP contribution in [0.15, 0.2) is 0 Å². The van der Waals surface area contributed by atoms with E-state index in [1.807, 2.05) is 0 Å². The van der Waals surface area contributed by atoms with Crippen molar-refractivity contribution in [2.75, 3.05) is 0 Å². The van der Waals surface area contributed by atoms with Crippen LogP contribution in [0.5, 0.6) is 0 Å². The van der Waals surface area contributed by atoms with Gasteiger partial charge >= 0.3 is 0 Å². The normalized spacial score (nSPS) is 19.8. The summed E-state index contributed by atoms with van der Waals surface area (Å²) in [6, 6.07) is 0. The van der Waals surface area contributed by atoms with Crippen molar-refractivity contribution < 1.29 is 0 Å². The Morgan fingerprint density at radius 2 is 1.14 bits per heavy atom. The first kappa shape index (κ1) is 22.0. The molecule has 1 heteroatoms. The van der Waals surface area contributed by atoms with E-state index in [4.69, 9.17) is 5.73 Å². The van der Waals surface area contributed by atoms with Gasteiger partial charge in [0.05, 0.1) is 0 Å². The summed E-state index contributed by atoms with van der Waals surface area (Å²) in [5.74, 6) is 2.83. The number of nitrogens with two attached hydrogens (primary N) is 1. The highest BCUT2D eigenvalue weighted by atomic mass is 14.8. The first-order valence-corrected chi connectivity index (χ1v) is 9.84. The first-order chi connectivity index (χ1) is 10.1. The molecule has 0 rings (SSSR count). The molecule has 0 aliphatic heterocycles. The van der Waals surface area contributed by atoms with Crippen molar-refractivity contribution in [3.63, 3.8) is 0 Å². The molecule has 0 aliphatic carbocycles. The van der Waals surface area contributed by atoms with Crippen LogP contribution in [-0.2, 0) is 0 Å². The molecule has 0 aliphatic rings. The zero-order valence-electron chi connectivity index (χ0n) is 17.1. The van der Waals surface area contributed by atoms with Crippen molar-refractivity contribution in [2.24, 2.45) is 34.8 Å². The quantitative estimate of drug-likeness (QED) is 0.454. The van der Waals surface area contributed by atoms with Gasteiger partial charge in [0.2, 0.25) is 0 Å². The summed E-state index contributed by atoms with van der Waals surface area (Å²) in [7, 11) is 0. The van der Waals surface area contributed by atoms with Gasteiger partial charge in [-0.15, -0.1) is 0 Å². The van der Waals surface area contributed by atoms with E-state index in [1.165, 1.54) is 32.1 Å². The standard InChI is InChI=1S/C21H45N/c1-10-16(5)14-20(7,8)19(18(12-3)13-4)21(9,22)15-17(6)11-2/h16-19H,10-15,22H2,1-9H3. The van der Waals surface area contributed by atoms with Gasteiger partial charge in [-0.05, 0) is 48.9 Å². The largest absolute Gasteiger partial charge is 0.325 e. The predicted octanol–water partition coefficient (Wildman–Crippen LogP) is 6.65. The maximum atomic E-state index is 6.99. The van der Waals surface area contributed by atoms with E-state index < -0.39 is 0 Å². The highest BCUT2D eigenvalue weighted by Gasteiger charge is 2.45. The van der Waals surface area contributed by atoms with Crippen molar-refractivity contribution >= 4 is 0 Å². The van der Waals surface area contributed by atoms with Crippen LogP contribution in [0, 0.1) is 29.1 Å². The Bertz CT molecular complexity index is 264. The van der Waals surface area contributed by atoms with E-state index in [0.29, 0.717) is 17.3 Å². The van der Waals surface area contributed by atoms with Crippen LogP contribution in [0.3, 0.4) is 0 Å². The minimum atomic E-state index is -0.0664. The fraction of sp³-hybridized carbons (Fsp3) is 1.00. The molecule has 0 aromatic rings. The van der Waals surface area contributed by atoms with Gasteiger partial charge in [0, 0.05) is 5.54 Å². The number of rotatable bonds is 11. The molecule has 0 fully saturated rings. The maximum absolute atomic E-state index is 6.99. The Morgan fingerprint density at radius 1 is 0.727 bits per heavy atom. The molecular weight excluding hydrogens is 266 g/mol. The average molecular weight is 312 g/mol. The summed E-state index contributed by atoms with van der Waals surface area (Å²) < 4.78 is 0. The number of hydrogen-bond donors (Lipinski definition) is 1. The van der Waals surface area contributed by atoms with Crippen molar-refractivity contribution in [3.05, 3.63) is 0 Å². The second-order valence-corrected chi connectivity index (χ2v) is 8.98. The highest BCUT2D eigenvalue weighted by Crippen LogP contribution is 2.47. The minimum Gasteiger partial charge on any atom is -0.325 e. The fourth-order valence-electron chi connectivity index (χ4n) is 5.02. The predicted molar refractivity (Wildman–Crippen MR) is 102 cm³/mol. The van der Waals surface area contributed by atoms with E-state index in [0.717, 1.165) is 18.3 Å². The van der Waals surface area contributed by atoms with Gasteiger partial charge in [0.1, 0.15) is 0 Å². The van der Waals surface area contributed by atoms with Gasteiger partial charge in [0.15, 0.2) is 0 Å². The molecule has 22 heavy (non-hydrogen) atoms. The van der Waals surface area contributed by atoms with E-state index in [-0.39, 0.29) is 5.54 Å². The molecule has 0 aromatic carbocycles. The zero-order chi connectivity index (χ0) is 17.6. The molecular formula is C21H45N. The van der Waals surface area contributed by atoms with E-state index in [9.17, 15) is 0 Å². The minimum absolute atomic E-state index is 0.0664. The van der Waals surface area contributed by atoms with Crippen LogP contribution >= 0.6 is 0 Å². The molecule has 0 spiro atoms. The van der Waals surface area contributed by atoms with Crippen LogP contribution < -0.4 is 5.73 Å². The second-order valence-electron chi connectivity index (χ2n) is 8.98. The molecule has 4 atom stereocenters. The van der Waals surface area contributed by atoms with Gasteiger partial charge in [0.25, 0.3) is 0 Å². The highest BCUT2D eigenvalue weighted by molar-refractivity contribution is 4.99. The molecule has 0 heterocycles. The molecule has 0 radical (unpaired) electrons. The van der Waals surface area contributed by atoms with E-state index >= 15 is 0 Å². The first-order valence-electron chi connectivity index (χ1n) is 9.84.